The summed E-state index contributed by atoms with van der Waals surface area (Å²) in [6, 6.07) is 9.68. The number of hydrogen-bond acceptors (Lipinski definition) is 3. The third kappa shape index (κ3) is 2.91. The maximum atomic E-state index is 10.4. The van der Waals surface area contributed by atoms with Gasteiger partial charge in [-0.3, -0.25) is 5.01 Å². The minimum Gasteiger partial charge on any atom is -0.333 e. The predicted octanol–water partition coefficient (Wildman–Crippen LogP) is 0.490. The van der Waals surface area contributed by atoms with Gasteiger partial charge in [0.1, 0.15) is 5.10 Å². The number of nitrogens with one attached hydrogen (secondary N) is 2. The van der Waals surface area contributed by atoms with Crippen molar-refractivity contribution in [1.29, 1.82) is 0 Å². The molecule has 1 aromatic carbocycles. The zero-order valence-electron chi connectivity index (χ0n) is 9.33. The molecule has 1 saturated heterocycles. The maximum absolute atomic E-state index is 10.4. The standard InChI is InChI=1S/C10H13N5O2/c1-8-11-10(13-15(16)17)14(12-8)7-9-5-3-2-4-6-9/h2-6,8,12H,7H2,1H3,(H,11,13). The van der Waals surface area contributed by atoms with E-state index < -0.39 is 5.03 Å². The highest BCUT2D eigenvalue weighted by molar-refractivity contribution is 5.80. The average molecular weight is 235 g/mol. The summed E-state index contributed by atoms with van der Waals surface area (Å²) >= 11 is 0. The van der Waals surface area contributed by atoms with Crippen LogP contribution < -0.4 is 10.7 Å². The second kappa shape index (κ2) is 4.79. The van der Waals surface area contributed by atoms with E-state index in [0.29, 0.717) is 6.54 Å². The van der Waals surface area contributed by atoms with Crippen LogP contribution in [0.2, 0.25) is 0 Å². The van der Waals surface area contributed by atoms with Crippen LogP contribution in [0.15, 0.2) is 35.4 Å². The number of guanidine groups is 1. The Hall–Kier alpha value is -2.15. The summed E-state index contributed by atoms with van der Waals surface area (Å²) < 4.78 is 0. The van der Waals surface area contributed by atoms with Crippen molar-refractivity contribution in [3.63, 3.8) is 0 Å². The minimum atomic E-state index is -0.708. The smallest absolute Gasteiger partial charge is 0.287 e. The lowest BCUT2D eigenvalue weighted by Gasteiger charge is -2.15. The van der Waals surface area contributed by atoms with E-state index >= 15 is 0 Å². The molecule has 1 aliphatic rings. The van der Waals surface area contributed by atoms with Crippen molar-refractivity contribution in [2.45, 2.75) is 19.6 Å². The molecule has 1 heterocycles. The van der Waals surface area contributed by atoms with Crippen LogP contribution in [0.3, 0.4) is 0 Å². The fraction of sp³-hybridized carbons (Fsp3) is 0.300. The van der Waals surface area contributed by atoms with Gasteiger partial charge in [0.15, 0.2) is 5.03 Å². The molecule has 7 heteroatoms. The molecule has 0 bridgehead atoms. The number of rotatable bonds is 3. The molecule has 1 unspecified atom stereocenters. The molecule has 0 amide bonds. The molecule has 0 saturated carbocycles. The van der Waals surface area contributed by atoms with E-state index in [2.05, 4.69) is 15.8 Å². The summed E-state index contributed by atoms with van der Waals surface area (Å²) in [5, 5.41) is 17.5. The van der Waals surface area contributed by atoms with Crippen LogP contribution in [-0.4, -0.2) is 22.2 Å². The first kappa shape index (κ1) is 11.3. The number of nitro groups is 1. The largest absolute Gasteiger partial charge is 0.333 e. The van der Waals surface area contributed by atoms with Gasteiger partial charge < -0.3 is 5.32 Å². The van der Waals surface area contributed by atoms with Crippen molar-refractivity contribution >= 4 is 5.96 Å². The first-order chi connectivity index (χ1) is 8.15. The van der Waals surface area contributed by atoms with Crippen molar-refractivity contribution in [2.75, 3.05) is 0 Å². The van der Waals surface area contributed by atoms with Crippen molar-refractivity contribution in [2.24, 2.45) is 5.10 Å². The molecule has 1 aliphatic heterocycles. The van der Waals surface area contributed by atoms with Gasteiger partial charge in [0.05, 0.1) is 12.7 Å². The fourth-order valence-corrected chi connectivity index (χ4v) is 1.65. The molecule has 0 aromatic heterocycles. The molecule has 0 radical (unpaired) electrons. The van der Waals surface area contributed by atoms with E-state index in [1.54, 1.807) is 5.01 Å². The molecule has 1 atom stereocenters. The lowest BCUT2D eigenvalue weighted by Crippen LogP contribution is -2.36. The highest BCUT2D eigenvalue weighted by Crippen LogP contribution is 2.06. The quantitative estimate of drug-likeness (QED) is 0.588. The number of hydrazine groups is 1. The van der Waals surface area contributed by atoms with Crippen molar-refractivity contribution in [3.8, 4) is 0 Å². The normalized spacial score (nSPS) is 21.6. The summed E-state index contributed by atoms with van der Waals surface area (Å²) in [7, 11) is 0. The zero-order chi connectivity index (χ0) is 12.3. The third-order valence-electron chi connectivity index (χ3n) is 2.31. The van der Waals surface area contributed by atoms with E-state index in [9.17, 15) is 10.1 Å². The van der Waals surface area contributed by atoms with E-state index in [4.69, 9.17) is 0 Å². The van der Waals surface area contributed by atoms with Gasteiger partial charge >= 0.3 is 0 Å². The molecule has 0 aliphatic carbocycles. The zero-order valence-corrected chi connectivity index (χ0v) is 9.33. The van der Waals surface area contributed by atoms with E-state index in [1.165, 1.54) is 0 Å². The van der Waals surface area contributed by atoms with Crippen LogP contribution in [-0.2, 0) is 6.54 Å². The summed E-state index contributed by atoms with van der Waals surface area (Å²) in [6.45, 7) is 2.38. The Kier molecular flexibility index (Phi) is 3.20. The topological polar surface area (TPSA) is 82.8 Å². The fourth-order valence-electron chi connectivity index (χ4n) is 1.65. The molecule has 90 valence electrons. The van der Waals surface area contributed by atoms with Crippen LogP contribution in [0.5, 0.6) is 0 Å². The number of hydrogen-bond donors (Lipinski definition) is 2. The molecule has 2 N–H and O–H groups in total. The van der Waals surface area contributed by atoms with Gasteiger partial charge in [0.2, 0.25) is 0 Å². The second-order valence-electron chi connectivity index (χ2n) is 3.73. The molecular weight excluding hydrogens is 222 g/mol. The molecule has 17 heavy (non-hydrogen) atoms. The Morgan fingerprint density at radius 3 is 2.82 bits per heavy atom. The van der Waals surface area contributed by atoms with Crippen LogP contribution in [0, 0.1) is 10.1 Å². The molecule has 0 spiro atoms. The molecule has 1 fully saturated rings. The Balaban J connectivity index is 2.11. The summed E-state index contributed by atoms with van der Waals surface area (Å²) in [4.78, 5) is 10.4. The van der Waals surface area contributed by atoms with Crippen molar-refractivity contribution in [1.82, 2.24) is 15.8 Å². The summed E-state index contributed by atoms with van der Waals surface area (Å²) in [5.74, 6) is 0.228. The summed E-state index contributed by atoms with van der Waals surface area (Å²) in [6.07, 6.45) is -0.0718. The molecule has 2 rings (SSSR count). The second-order valence-corrected chi connectivity index (χ2v) is 3.73. The predicted molar refractivity (Wildman–Crippen MR) is 62.1 cm³/mol. The summed E-state index contributed by atoms with van der Waals surface area (Å²) in [5.41, 5.74) is 4.09. The Morgan fingerprint density at radius 2 is 2.18 bits per heavy atom. The Morgan fingerprint density at radius 1 is 1.47 bits per heavy atom. The Bertz CT molecular complexity index is 434. The van der Waals surface area contributed by atoms with Gasteiger partial charge in [0.25, 0.3) is 5.96 Å². The number of nitrogens with zero attached hydrogens (tertiary/aromatic N) is 3. The minimum absolute atomic E-state index is 0.0718. The third-order valence-corrected chi connectivity index (χ3v) is 2.31. The van der Waals surface area contributed by atoms with E-state index in [0.717, 1.165) is 5.56 Å². The van der Waals surface area contributed by atoms with E-state index in [-0.39, 0.29) is 12.1 Å². The molecule has 7 nitrogen and oxygen atoms in total. The van der Waals surface area contributed by atoms with E-state index in [1.807, 2.05) is 37.3 Å². The van der Waals surface area contributed by atoms with Crippen molar-refractivity contribution in [3.05, 3.63) is 46.0 Å². The maximum Gasteiger partial charge on any atom is 0.287 e. The van der Waals surface area contributed by atoms with Crippen molar-refractivity contribution < 1.29 is 5.03 Å². The van der Waals surface area contributed by atoms with Gasteiger partial charge in [-0.05, 0) is 12.5 Å². The first-order valence-electron chi connectivity index (χ1n) is 5.22. The number of hydrazone groups is 1. The molecular formula is C10H13N5O2. The average Bonchev–Trinajstić information content (AvgIpc) is 2.59. The number of benzene rings is 1. The van der Waals surface area contributed by atoms with Crippen LogP contribution in [0.1, 0.15) is 12.5 Å². The van der Waals surface area contributed by atoms with Crippen LogP contribution >= 0.6 is 0 Å². The highest BCUT2D eigenvalue weighted by Gasteiger charge is 2.26. The van der Waals surface area contributed by atoms with Gasteiger partial charge in [0, 0.05) is 0 Å². The van der Waals surface area contributed by atoms with Gasteiger partial charge in [-0.15, -0.1) is 0 Å². The monoisotopic (exact) mass is 235 g/mol. The van der Waals surface area contributed by atoms with Gasteiger partial charge in [-0.1, -0.05) is 30.3 Å². The van der Waals surface area contributed by atoms with Crippen LogP contribution in [0.4, 0.5) is 0 Å². The SMILES string of the molecule is CC1N/C(=N\[N+](=O)[O-])N(Cc2ccccc2)N1. The first-order valence-corrected chi connectivity index (χ1v) is 5.22. The lowest BCUT2D eigenvalue weighted by molar-refractivity contribution is -0.485. The van der Waals surface area contributed by atoms with Gasteiger partial charge in [-0.25, -0.2) is 15.5 Å². The highest BCUT2D eigenvalue weighted by atomic mass is 16.7. The van der Waals surface area contributed by atoms with Gasteiger partial charge in [-0.2, -0.15) is 0 Å². The van der Waals surface area contributed by atoms with Crippen LogP contribution in [0.25, 0.3) is 0 Å². The Labute approximate surface area is 98.2 Å². The lowest BCUT2D eigenvalue weighted by atomic mass is 10.2. The molecule has 1 aromatic rings.